The molecule has 138 valence electrons. The van der Waals surface area contributed by atoms with Crippen LogP contribution in [0.15, 0.2) is 35.5 Å². The Kier molecular flexibility index (Phi) is 3.08. The van der Waals surface area contributed by atoms with Crippen LogP contribution in [0.1, 0.15) is 46.0 Å². The van der Waals surface area contributed by atoms with Crippen molar-refractivity contribution in [1.82, 2.24) is 4.90 Å². The fraction of sp³-hybridized carbons (Fsp3) is 0.636. The maximum absolute atomic E-state index is 12.1. The minimum Gasteiger partial charge on any atom is -0.440 e. The number of fused-ring (bicyclic) bond motifs is 6. The van der Waals surface area contributed by atoms with E-state index in [1.165, 1.54) is 11.1 Å². The van der Waals surface area contributed by atoms with Gasteiger partial charge in [-0.3, -0.25) is 4.79 Å². The van der Waals surface area contributed by atoms with Gasteiger partial charge in [0.1, 0.15) is 5.60 Å². The third-order valence-corrected chi connectivity index (χ3v) is 8.29. The smallest absolute Gasteiger partial charge is 0.410 e. The van der Waals surface area contributed by atoms with Gasteiger partial charge in [0, 0.05) is 30.2 Å². The van der Waals surface area contributed by atoms with Gasteiger partial charge < -0.3 is 9.64 Å². The summed E-state index contributed by atoms with van der Waals surface area (Å²) in [7, 11) is 1.84. The molecule has 2 fully saturated rings. The number of hydrogen-bond donors (Lipinski definition) is 0. The largest absolute Gasteiger partial charge is 0.440 e. The first-order valence-electron chi connectivity index (χ1n) is 9.87. The summed E-state index contributed by atoms with van der Waals surface area (Å²) < 4.78 is 6.00. The van der Waals surface area contributed by atoms with Gasteiger partial charge in [-0.25, -0.2) is 4.79 Å². The number of carbonyl (C=O) groups excluding carboxylic acids is 2. The molecule has 5 atom stereocenters. The molecule has 1 saturated heterocycles. The highest BCUT2D eigenvalue weighted by Gasteiger charge is 2.66. The molecule has 5 rings (SSSR count). The van der Waals surface area contributed by atoms with Gasteiger partial charge in [0.15, 0.2) is 5.78 Å². The Labute approximate surface area is 155 Å². The molecule has 2 unspecified atom stereocenters. The number of likely N-dealkylation sites (N-methyl/N-ethyl adjacent to an activating group) is 1. The zero-order valence-electron chi connectivity index (χ0n) is 15.9. The number of allylic oxidation sites excluding steroid dienone is 6. The Morgan fingerprint density at radius 2 is 2.04 bits per heavy atom. The van der Waals surface area contributed by atoms with Crippen LogP contribution in [0, 0.1) is 22.7 Å². The predicted octanol–water partition coefficient (Wildman–Crippen LogP) is 4.04. The second-order valence-electron chi connectivity index (χ2n) is 9.43. The molecule has 4 nitrogen and oxygen atoms in total. The summed E-state index contributed by atoms with van der Waals surface area (Å²) in [5, 5.41) is 0. The predicted molar refractivity (Wildman–Crippen MR) is 98.4 cm³/mol. The molecule has 26 heavy (non-hydrogen) atoms. The van der Waals surface area contributed by atoms with Crippen LogP contribution in [0.4, 0.5) is 4.79 Å². The van der Waals surface area contributed by atoms with Crippen LogP contribution in [-0.2, 0) is 9.53 Å². The number of ether oxygens (including phenoxy) is 1. The molecule has 1 aliphatic heterocycles. The van der Waals surface area contributed by atoms with Crippen LogP contribution < -0.4 is 0 Å². The number of carbonyl (C=O) groups is 2. The van der Waals surface area contributed by atoms with Gasteiger partial charge >= 0.3 is 6.09 Å². The molecule has 0 aromatic carbocycles. The molecule has 1 amide bonds. The lowest BCUT2D eigenvalue weighted by atomic mass is 9.52. The Morgan fingerprint density at radius 3 is 2.77 bits per heavy atom. The van der Waals surface area contributed by atoms with Crippen LogP contribution in [0.3, 0.4) is 0 Å². The van der Waals surface area contributed by atoms with Gasteiger partial charge in [0.2, 0.25) is 0 Å². The van der Waals surface area contributed by atoms with E-state index >= 15 is 0 Å². The third-order valence-electron chi connectivity index (χ3n) is 8.29. The summed E-state index contributed by atoms with van der Waals surface area (Å²) in [5.41, 5.74) is 2.30. The average molecular weight is 353 g/mol. The fourth-order valence-corrected chi connectivity index (χ4v) is 6.57. The normalized spacial score (nSPS) is 46.5. The van der Waals surface area contributed by atoms with Crippen molar-refractivity contribution in [3.8, 4) is 0 Å². The molecular formula is C22H27NO3. The van der Waals surface area contributed by atoms with Crippen LogP contribution in [0.25, 0.3) is 0 Å². The Morgan fingerprint density at radius 1 is 1.23 bits per heavy atom. The number of ketones is 1. The van der Waals surface area contributed by atoms with E-state index in [4.69, 9.17) is 4.74 Å². The van der Waals surface area contributed by atoms with Crippen molar-refractivity contribution in [2.45, 2.75) is 51.6 Å². The maximum Gasteiger partial charge on any atom is 0.410 e. The van der Waals surface area contributed by atoms with Crippen LogP contribution in [-0.4, -0.2) is 36.0 Å². The molecule has 0 aromatic rings. The first-order chi connectivity index (χ1) is 12.3. The Hall–Kier alpha value is -1.84. The summed E-state index contributed by atoms with van der Waals surface area (Å²) in [5.74, 6) is 1.14. The molecule has 0 radical (unpaired) electrons. The summed E-state index contributed by atoms with van der Waals surface area (Å²) in [6.45, 7) is 5.34. The zero-order chi connectivity index (χ0) is 18.3. The first-order valence-corrected chi connectivity index (χ1v) is 9.87. The fourth-order valence-electron chi connectivity index (χ4n) is 6.57. The van der Waals surface area contributed by atoms with Crippen molar-refractivity contribution in [2.75, 3.05) is 13.6 Å². The van der Waals surface area contributed by atoms with Gasteiger partial charge in [-0.1, -0.05) is 37.6 Å². The van der Waals surface area contributed by atoms with Crippen molar-refractivity contribution in [1.29, 1.82) is 0 Å². The van der Waals surface area contributed by atoms with E-state index in [0.717, 1.165) is 25.7 Å². The Balaban J connectivity index is 1.57. The number of amides is 1. The molecule has 1 spiro atoms. The molecule has 4 aliphatic carbocycles. The highest BCUT2D eigenvalue weighted by molar-refractivity contribution is 5.92. The number of nitrogens with zero attached hydrogens (tertiary/aromatic N) is 1. The first kappa shape index (κ1) is 16.3. The SMILES string of the molecule is CN1C[C@@]2(CCC3C4C=CC5=CC(=O)CC[C@]5(C)C4=CC[C@@]32C)OC1=O. The zero-order valence-corrected chi connectivity index (χ0v) is 15.9. The standard InChI is InChI=1S/C22H27NO3/c1-20-9-6-15(24)12-14(20)4-5-16-17(20)7-10-21(2)18(16)8-11-22(21)13-23(3)19(25)26-22/h4-5,7,12,16,18H,6,8-11,13H2,1-3H3/t16?,18?,20-,21-,22+/m0/s1. The highest BCUT2D eigenvalue weighted by Crippen LogP contribution is 2.65. The number of rotatable bonds is 0. The van der Waals surface area contributed by atoms with Crippen molar-refractivity contribution in [2.24, 2.45) is 22.7 Å². The van der Waals surface area contributed by atoms with E-state index < -0.39 is 0 Å². The summed E-state index contributed by atoms with van der Waals surface area (Å²) in [4.78, 5) is 25.8. The minimum absolute atomic E-state index is 0.00639. The molecule has 0 N–H and O–H groups in total. The monoisotopic (exact) mass is 353 g/mol. The van der Waals surface area contributed by atoms with Gasteiger partial charge in [-0.05, 0) is 43.3 Å². The second kappa shape index (κ2) is 4.90. The average Bonchev–Trinajstić information content (AvgIpc) is 3.05. The topological polar surface area (TPSA) is 46.6 Å². The molecule has 4 heteroatoms. The highest BCUT2D eigenvalue weighted by atomic mass is 16.6. The molecule has 1 saturated carbocycles. The minimum atomic E-state index is -0.348. The van der Waals surface area contributed by atoms with Crippen LogP contribution >= 0.6 is 0 Å². The maximum atomic E-state index is 12.1. The molecule has 0 bridgehead atoms. The molecule has 5 aliphatic rings. The number of hydrogen-bond acceptors (Lipinski definition) is 3. The van der Waals surface area contributed by atoms with Crippen molar-refractivity contribution >= 4 is 11.9 Å². The summed E-state index contributed by atoms with van der Waals surface area (Å²) in [6, 6.07) is 0. The molecule has 1 heterocycles. The van der Waals surface area contributed by atoms with E-state index in [9.17, 15) is 9.59 Å². The van der Waals surface area contributed by atoms with Gasteiger partial charge in [0.25, 0.3) is 0 Å². The lowest BCUT2D eigenvalue weighted by molar-refractivity contribution is -0.115. The second-order valence-corrected chi connectivity index (χ2v) is 9.43. The van der Waals surface area contributed by atoms with E-state index in [1.807, 2.05) is 13.1 Å². The van der Waals surface area contributed by atoms with E-state index in [-0.39, 0.29) is 28.3 Å². The lowest BCUT2D eigenvalue weighted by Crippen LogP contribution is -2.52. The Bertz CT molecular complexity index is 808. The van der Waals surface area contributed by atoms with Crippen molar-refractivity contribution < 1.29 is 14.3 Å². The summed E-state index contributed by atoms with van der Waals surface area (Å²) >= 11 is 0. The van der Waals surface area contributed by atoms with Crippen LogP contribution in [0.5, 0.6) is 0 Å². The van der Waals surface area contributed by atoms with Gasteiger partial charge in [-0.2, -0.15) is 0 Å². The van der Waals surface area contributed by atoms with E-state index in [1.54, 1.807) is 4.90 Å². The van der Waals surface area contributed by atoms with Crippen LogP contribution in [0.2, 0.25) is 0 Å². The summed E-state index contributed by atoms with van der Waals surface area (Å²) in [6.07, 6.45) is 13.2. The van der Waals surface area contributed by atoms with Crippen molar-refractivity contribution in [3.05, 3.63) is 35.5 Å². The van der Waals surface area contributed by atoms with E-state index in [2.05, 4.69) is 32.1 Å². The van der Waals surface area contributed by atoms with Gasteiger partial charge in [-0.15, -0.1) is 0 Å². The quantitative estimate of drug-likeness (QED) is 0.618. The molecular weight excluding hydrogens is 326 g/mol. The van der Waals surface area contributed by atoms with Crippen molar-refractivity contribution in [3.63, 3.8) is 0 Å². The van der Waals surface area contributed by atoms with E-state index in [0.29, 0.717) is 24.8 Å². The lowest BCUT2D eigenvalue weighted by Gasteiger charge is -2.52. The third kappa shape index (κ3) is 1.80. The molecule has 0 aromatic heterocycles. The van der Waals surface area contributed by atoms with Gasteiger partial charge in [0.05, 0.1) is 6.54 Å².